The normalized spacial score (nSPS) is 9.22. The Morgan fingerprint density at radius 3 is 2.67 bits per heavy atom. The molecule has 0 amide bonds. The molecule has 0 aromatic rings. The van der Waals surface area contributed by atoms with Crippen molar-refractivity contribution in [3.63, 3.8) is 0 Å². The molecule has 0 aromatic carbocycles. The van der Waals surface area contributed by atoms with Crippen LogP contribution < -0.4 is 0 Å². The number of rotatable bonds is 4. The molecule has 0 fully saturated rings. The van der Waals surface area contributed by atoms with E-state index in [9.17, 15) is 0 Å². The van der Waals surface area contributed by atoms with Gasteiger partial charge in [-0.1, -0.05) is 11.6 Å². The number of allylic oxidation sites excluding steroid dienone is 2. The summed E-state index contributed by atoms with van der Waals surface area (Å²) in [4.78, 5) is 0. The molecule has 0 N–H and O–H groups in total. The Morgan fingerprint density at radius 2 is 2.22 bits per heavy atom. The highest BCUT2D eigenvalue weighted by atomic mass is 32.2. The van der Waals surface area contributed by atoms with Gasteiger partial charge in [0.15, 0.2) is 0 Å². The lowest BCUT2D eigenvalue weighted by Crippen LogP contribution is -1.74. The van der Waals surface area contributed by atoms with E-state index in [0.717, 1.165) is 0 Å². The molecule has 0 nitrogen and oxygen atoms in total. The zero-order valence-corrected chi connectivity index (χ0v) is 7.13. The van der Waals surface area contributed by atoms with Crippen LogP contribution in [0.25, 0.3) is 0 Å². The highest BCUT2D eigenvalue weighted by molar-refractivity contribution is 8.00. The van der Waals surface area contributed by atoms with Crippen LogP contribution in [0.4, 0.5) is 0 Å². The summed E-state index contributed by atoms with van der Waals surface area (Å²) < 4.78 is 0. The van der Waals surface area contributed by atoms with Gasteiger partial charge in [-0.2, -0.15) is 11.8 Å². The van der Waals surface area contributed by atoms with E-state index in [-0.39, 0.29) is 0 Å². The van der Waals surface area contributed by atoms with Crippen LogP contribution in [-0.2, 0) is 0 Å². The lowest BCUT2D eigenvalue weighted by atomic mass is 10.2. The SMILES string of the molecule is [CH2]SCCCC=C(C)C. The Balaban J connectivity index is 3.00. The fourth-order valence-corrected chi connectivity index (χ4v) is 0.947. The molecule has 9 heavy (non-hydrogen) atoms. The summed E-state index contributed by atoms with van der Waals surface area (Å²) >= 11 is 1.67. The second-order valence-electron chi connectivity index (χ2n) is 2.33. The van der Waals surface area contributed by atoms with Gasteiger partial charge in [0.25, 0.3) is 0 Å². The minimum Gasteiger partial charge on any atom is -0.161 e. The molecule has 0 unspecified atom stereocenters. The van der Waals surface area contributed by atoms with Gasteiger partial charge in [-0.15, -0.1) is 0 Å². The minimum absolute atomic E-state index is 1.18. The second-order valence-corrected chi connectivity index (χ2v) is 3.15. The summed E-state index contributed by atoms with van der Waals surface area (Å²) in [6.45, 7) is 4.27. The van der Waals surface area contributed by atoms with Crippen LogP contribution in [0.1, 0.15) is 26.7 Å². The van der Waals surface area contributed by atoms with E-state index in [0.29, 0.717) is 0 Å². The van der Waals surface area contributed by atoms with Crippen LogP contribution >= 0.6 is 11.8 Å². The predicted octanol–water partition coefficient (Wildman–Crippen LogP) is 3.26. The summed E-state index contributed by atoms with van der Waals surface area (Å²) in [6, 6.07) is 0. The van der Waals surface area contributed by atoms with E-state index in [1.807, 2.05) is 0 Å². The third-order valence-electron chi connectivity index (χ3n) is 1.05. The van der Waals surface area contributed by atoms with Crippen molar-refractivity contribution in [3.05, 3.63) is 17.9 Å². The van der Waals surface area contributed by atoms with Crippen molar-refractivity contribution in [2.24, 2.45) is 0 Å². The van der Waals surface area contributed by atoms with Crippen LogP contribution in [0.2, 0.25) is 0 Å². The first kappa shape index (κ1) is 9.09. The Morgan fingerprint density at radius 1 is 1.56 bits per heavy atom. The van der Waals surface area contributed by atoms with Gasteiger partial charge < -0.3 is 0 Å². The van der Waals surface area contributed by atoms with Crippen molar-refractivity contribution in [2.45, 2.75) is 26.7 Å². The highest BCUT2D eigenvalue weighted by Crippen LogP contribution is 2.03. The molecule has 1 heteroatoms. The molecule has 0 aliphatic carbocycles. The number of hydrogen-bond acceptors (Lipinski definition) is 1. The standard InChI is InChI=1S/C8H15S/c1-8(2)6-4-5-7-9-3/h6H,3-5,7H2,1-2H3. The fraction of sp³-hybridized carbons (Fsp3) is 0.625. The smallest absolute Gasteiger partial charge is 0.00235 e. The van der Waals surface area contributed by atoms with Crippen LogP contribution in [0, 0.1) is 6.26 Å². The van der Waals surface area contributed by atoms with Crippen molar-refractivity contribution in [1.82, 2.24) is 0 Å². The van der Waals surface area contributed by atoms with Gasteiger partial charge in [-0.25, -0.2) is 0 Å². The maximum absolute atomic E-state index is 3.70. The van der Waals surface area contributed by atoms with Gasteiger partial charge in [0.1, 0.15) is 0 Å². The third-order valence-corrected chi connectivity index (χ3v) is 1.62. The van der Waals surface area contributed by atoms with Crippen molar-refractivity contribution in [1.29, 1.82) is 0 Å². The molecule has 0 heterocycles. The lowest BCUT2D eigenvalue weighted by Gasteiger charge is -1.92. The van der Waals surface area contributed by atoms with E-state index in [2.05, 4.69) is 26.2 Å². The Labute approximate surface area is 62.7 Å². The fourth-order valence-electron chi connectivity index (χ4n) is 0.576. The molecule has 0 atom stereocenters. The topological polar surface area (TPSA) is 0 Å². The summed E-state index contributed by atoms with van der Waals surface area (Å²) in [5.41, 5.74) is 1.42. The van der Waals surface area contributed by atoms with Crippen molar-refractivity contribution in [3.8, 4) is 0 Å². The van der Waals surface area contributed by atoms with E-state index in [1.54, 1.807) is 11.8 Å². The van der Waals surface area contributed by atoms with Crippen LogP contribution in [0.5, 0.6) is 0 Å². The lowest BCUT2D eigenvalue weighted by molar-refractivity contribution is 0.962. The van der Waals surface area contributed by atoms with Gasteiger partial charge >= 0.3 is 0 Å². The average molecular weight is 143 g/mol. The van der Waals surface area contributed by atoms with Crippen LogP contribution in [0.15, 0.2) is 11.6 Å². The summed E-state index contributed by atoms with van der Waals surface area (Å²) in [5.74, 6) is 1.18. The molecule has 0 rings (SSSR count). The Kier molecular flexibility index (Phi) is 6.28. The highest BCUT2D eigenvalue weighted by Gasteiger charge is 1.81. The molecule has 0 saturated carbocycles. The zero-order chi connectivity index (χ0) is 7.11. The van der Waals surface area contributed by atoms with Gasteiger partial charge in [0.05, 0.1) is 0 Å². The molecule has 0 bridgehead atoms. The number of hydrogen-bond donors (Lipinski definition) is 0. The minimum atomic E-state index is 1.18. The van der Waals surface area contributed by atoms with E-state index < -0.39 is 0 Å². The first-order valence-corrected chi connectivity index (χ1v) is 4.43. The second kappa shape index (κ2) is 6.21. The monoisotopic (exact) mass is 143 g/mol. The molecule has 0 aliphatic rings. The van der Waals surface area contributed by atoms with Gasteiger partial charge in [-0.05, 0) is 32.4 Å². The first-order valence-electron chi connectivity index (χ1n) is 3.27. The molecular weight excluding hydrogens is 128 g/mol. The Hall–Kier alpha value is 0.0900. The molecule has 53 valence electrons. The maximum Gasteiger partial charge on any atom is 0.00235 e. The average Bonchev–Trinajstić information content (AvgIpc) is 1.80. The molecule has 0 aliphatic heterocycles. The maximum atomic E-state index is 3.70. The molecule has 1 radical (unpaired) electrons. The largest absolute Gasteiger partial charge is 0.161 e. The van der Waals surface area contributed by atoms with Crippen molar-refractivity contribution < 1.29 is 0 Å². The van der Waals surface area contributed by atoms with E-state index >= 15 is 0 Å². The summed E-state index contributed by atoms with van der Waals surface area (Å²) in [5, 5.41) is 0. The number of thioether (sulfide) groups is 1. The first-order chi connectivity index (χ1) is 4.27. The molecule has 0 aromatic heterocycles. The quantitative estimate of drug-likeness (QED) is 0.430. The van der Waals surface area contributed by atoms with Gasteiger partial charge in [0.2, 0.25) is 0 Å². The number of unbranched alkanes of at least 4 members (excludes halogenated alkanes) is 1. The van der Waals surface area contributed by atoms with Gasteiger partial charge in [0, 0.05) is 6.26 Å². The van der Waals surface area contributed by atoms with Crippen LogP contribution in [-0.4, -0.2) is 5.75 Å². The van der Waals surface area contributed by atoms with Gasteiger partial charge in [-0.3, -0.25) is 0 Å². The van der Waals surface area contributed by atoms with Crippen LogP contribution in [0.3, 0.4) is 0 Å². The predicted molar refractivity (Wildman–Crippen MR) is 46.5 cm³/mol. The molecule has 0 saturated heterocycles. The van der Waals surface area contributed by atoms with Crippen molar-refractivity contribution >= 4 is 11.8 Å². The van der Waals surface area contributed by atoms with E-state index in [1.165, 1.54) is 24.2 Å². The van der Waals surface area contributed by atoms with Crippen molar-refractivity contribution in [2.75, 3.05) is 5.75 Å². The molecular formula is C8H15S. The summed E-state index contributed by atoms with van der Waals surface area (Å²) in [6.07, 6.45) is 8.45. The summed E-state index contributed by atoms with van der Waals surface area (Å²) in [7, 11) is 0. The molecule has 0 spiro atoms. The Bertz CT molecular complexity index is 80.6. The third kappa shape index (κ3) is 8.09. The zero-order valence-electron chi connectivity index (χ0n) is 6.31. The van der Waals surface area contributed by atoms with E-state index in [4.69, 9.17) is 0 Å².